The molecule has 0 saturated carbocycles. The van der Waals surface area contributed by atoms with Crippen molar-refractivity contribution in [1.82, 2.24) is 9.78 Å². The fourth-order valence-corrected chi connectivity index (χ4v) is 2.33. The van der Waals surface area contributed by atoms with Gasteiger partial charge in [-0.2, -0.15) is 18.3 Å². The first kappa shape index (κ1) is 14.8. The Kier molecular flexibility index (Phi) is 3.98. The van der Waals surface area contributed by atoms with Gasteiger partial charge in [0.2, 0.25) is 0 Å². The largest absolute Gasteiger partial charge is 0.471 e. The maximum Gasteiger partial charge on any atom is 0.471 e. The monoisotopic (exact) mass is 295 g/mol. The summed E-state index contributed by atoms with van der Waals surface area (Å²) in [7, 11) is 1.53. The van der Waals surface area contributed by atoms with E-state index in [4.69, 9.17) is 0 Å². The minimum Gasteiger partial charge on any atom is -0.342 e. The highest BCUT2D eigenvalue weighted by atomic mass is 19.4. The van der Waals surface area contributed by atoms with E-state index in [2.05, 4.69) is 5.10 Å². The van der Waals surface area contributed by atoms with Gasteiger partial charge >= 0.3 is 12.1 Å². The molecule has 1 fully saturated rings. The van der Waals surface area contributed by atoms with Gasteiger partial charge in [0.05, 0.1) is 24.5 Å². The predicted octanol–water partition coefficient (Wildman–Crippen LogP) is -0.0108. The van der Waals surface area contributed by atoms with Crippen LogP contribution in [0.1, 0.15) is 6.42 Å². The number of nitrogens with zero attached hydrogens (tertiary/aromatic N) is 3. The molecule has 20 heavy (non-hydrogen) atoms. The summed E-state index contributed by atoms with van der Waals surface area (Å²) < 4.78 is 52.9. The van der Waals surface area contributed by atoms with Crippen LogP contribution < -0.4 is 10.2 Å². The molecule has 2 atom stereocenters. The van der Waals surface area contributed by atoms with Gasteiger partial charge in [-0.05, 0) is 0 Å². The molecule has 1 saturated heterocycles. The molecule has 9 heteroatoms. The molecule has 0 aromatic carbocycles. The lowest BCUT2D eigenvalue weighted by atomic mass is 10.0. The summed E-state index contributed by atoms with van der Waals surface area (Å²) >= 11 is 0. The van der Waals surface area contributed by atoms with E-state index in [-0.39, 0.29) is 25.2 Å². The van der Waals surface area contributed by atoms with Crippen LogP contribution in [0.15, 0.2) is 12.4 Å². The Morgan fingerprint density at radius 2 is 2.20 bits per heavy atom. The number of quaternary nitrogens is 1. The molecule has 0 spiro atoms. The highest BCUT2D eigenvalue weighted by Crippen LogP contribution is 2.27. The average molecular weight is 295 g/mol. The number of hydrogen-bond acceptors (Lipinski definition) is 2. The highest BCUT2D eigenvalue weighted by molar-refractivity contribution is 5.97. The van der Waals surface area contributed by atoms with E-state index >= 15 is 0 Å². The van der Waals surface area contributed by atoms with Crippen molar-refractivity contribution in [3.8, 4) is 0 Å². The number of anilines is 1. The van der Waals surface area contributed by atoms with Gasteiger partial charge in [0.25, 0.3) is 0 Å². The summed E-state index contributed by atoms with van der Waals surface area (Å²) in [4.78, 5) is 12.2. The van der Waals surface area contributed by atoms with Crippen molar-refractivity contribution in [3.05, 3.63) is 12.4 Å². The minimum atomic E-state index is -5.00. The zero-order chi connectivity index (χ0) is 14.9. The van der Waals surface area contributed by atoms with Crippen molar-refractivity contribution in [1.29, 1.82) is 0 Å². The van der Waals surface area contributed by atoms with Crippen molar-refractivity contribution >= 4 is 11.6 Å². The first-order valence-electron chi connectivity index (χ1n) is 6.14. The maximum absolute atomic E-state index is 13.4. The fourth-order valence-electron chi connectivity index (χ4n) is 2.33. The molecule has 2 rings (SSSR count). The van der Waals surface area contributed by atoms with Crippen LogP contribution in [0.3, 0.4) is 0 Å². The van der Waals surface area contributed by atoms with E-state index in [1.807, 2.05) is 0 Å². The number of hydrogen-bond donors (Lipinski definition) is 1. The van der Waals surface area contributed by atoms with Crippen molar-refractivity contribution in [2.75, 3.05) is 18.0 Å². The second kappa shape index (κ2) is 5.39. The van der Waals surface area contributed by atoms with Gasteiger partial charge in [-0.1, -0.05) is 0 Å². The Morgan fingerprint density at radius 3 is 2.70 bits per heavy atom. The van der Waals surface area contributed by atoms with Gasteiger partial charge in [-0.15, -0.1) is 0 Å². The van der Waals surface area contributed by atoms with Crippen LogP contribution in [0.2, 0.25) is 0 Å². The quantitative estimate of drug-likeness (QED) is 0.780. The van der Waals surface area contributed by atoms with Gasteiger partial charge in [0, 0.05) is 19.7 Å². The summed E-state index contributed by atoms with van der Waals surface area (Å²) in [6.45, 7) is 0.439. The molecule has 0 aliphatic carbocycles. The van der Waals surface area contributed by atoms with Gasteiger partial charge in [-0.25, -0.2) is 4.39 Å². The Balaban J connectivity index is 2.31. The van der Waals surface area contributed by atoms with E-state index in [1.54, 1.807) is 5.32 Å². The van der Waals surface area contributed by atoms with E-state index < -0.39 is 24.3 Å². The third kappa shape index (κ3) is 3.09. The average Bonchev–Trinajstić information content (AvgIpc) is 2.75. The second-order valence-electron chi connectivity index (χ2n) is 4.79. The highest BCUT2D eigenvalue weighted by Gasteiger charge is 2.47. The number of aryl methyl sites for hydroxylation is 1. The standard InChI is InChI=1S/C11H14F4N4O/c1-18-6-9(5-17-18)19(10(20)11(13,14)15)8-2-7(12)3-16-4-8/h5-8,16H,2-4H2,1H3/p+1/t7-,8+/m0/s1. The Bertz CT molecular complexity index is 487. The lowest BCUT2D eigenvalue weighted by molar-refractivity contribution is -0.668. The zero-order valence-electron chi connectivity index (χ0n) is 10.8. The first-order chi connectivity index (χ1) is 9.29. The molecule has 1 amide bonds. The van der Waals surface area contributed by atoms with E-state index in [9.17, 15) is 22.4 Å². The number of amides is 1. The molecule has 0 radical (unpaired) electrons. The Labute approximate surface area is 112 Å². The molecule has 2 heterocycles. The van der Waals surface area contributed by atoms with Crippen LogP contribution in [0.5, 0.6) is 0 Å². The molecule has 2 N–H and O–H groups in total. The van der Waals surface area contributed by atoms with Crippen molar-refractivity contribution < 1.29 is 27.7 Å². The van der Waals surface area contributed by atoms with Gasteiger partial charge in [0.1, 0.15) is 6.54 Å². The smallest absolute Gasteiger partial charge is 0.342 e. The van der Waals surface area contributed by atoms with E-state index in [1.165, 1.54) is 24.1 Å². The topological polar surface area (TPSA) is 54.7 Å². The third-order valence-corrected chi connectivity index (χ3v) is 3.18. The second-order valence-corrected chi connectivity index (χ2v) is 4.79. The summed E-state index contributed by atoms with van der Waals surface area (Å²) in [6, 6.07) is -0.836. The maximum atomic E-state index is 13.4. The molecule has 1 aliphatic rings. The van der Waals surface area contributed by atoms with Crippen LogP contribution in [0.25, 0.3) is 0 Å². The van der Waals surface area contributed by atoms with Crippen molar-refractivity contribution in [3.63, 3.8) is 0 Å². The molecule has 1 aromatic rings. The Morgan fingerprint density at radius 1 is 1.50 bits per heavy atom. The minimum absolute atomic E-state index is 0.0299. The number of carbonyl (C=O) groups excluding carboxylic acids is 1. The lowest BCUT2D eigenvalue weighted by Crippen LogP contribution is -2.91. The zero-order valence-corrected chi connectivity index (χ0v) is 10.8. The van der Waals surface area contributed by atoms with Crippen molar-refractivity contribution in [2.45, 2.75) is 24.8 Å². The number of piperidine rings is 1. The van der Waals surface area contributed by atoms with E-state index in [0.717, 1.165) is 0 Å². The summed E-state index contributed by atoms with van der Waals surface area (Å²) in [5, 5.41) is 5.34. The number of alkyl halides is 4. The fraction of sp³-hybridized carbons (Fsp3) is 0.636. The van der Waals surface area contributed by atoms with Crippen LogP contribution in [0.4, 0.5) is 23.2 Å². The molecule has 0 unspecified atom stereocenters. The number of aromatic nitrogens is 2. The summed E-state index contributed by atoms with van der Waals surface area (Å²) in [6.07, 6.45) is -3.85. The molecule has 1 aromatic heterocycles. The SMILES string of the molecule is Cn1cc(N(C(=O)C(F)(F)F)[C@H]2C[NH2+]C[C@@H](F)C2)cn1. The van der Waals surface area contributed by atoms with Crippen LogP contribution in [0, 0.1) is 0 Å². The summed E-state index contributed by atoms with van der Waals surface area (Å²) in [5.74, 6) is -1.99. The molecule has 5 nitrogen and oxygen atoms in total. The predicted molar refractivity (Wildman–Crippen MR) is 61.7 cm³/mol. The third-order valence-electron chi connectivity index (χ3n) is 3.18. The molecule has 112 valence electrons. The van der Waals surface area contributed by atoms with Gasteiger partial charge < -0.3 is 5.32 Å². The Hall–Kier alpha value is -1.64. The van der Waals surface area contributed by atoms with E-state index in [0.29, 0.717) is 4.90 Å². The number of halogens is 4. The van der Waals surface area contributed by atoms with Gasteiger partial charge in [-0.3, -0.25) is 14.4 Å². The van der Waals surface area contributed by atoms with Crippen LogP contribution >= 0.6 is 0 Å². The molecular formula is C11H15F4N4O+. The number of nitrogens with two attached hydrogens (primary N) is 1. The number of rotatable bonds is 2. The normalized spacial score (nSPS) is 23.6. The van der Waals surface area contributed by atoms with Crippen molar-refractivity contribution in [2.24, 2.45) is 7.05 Å². The molecule has 0 bridgehead atoms. The lowest BCUT2D eigenvalue weighted by Gasteiger charge is -2.33. The number of carbonyl (C=O) groups is 1. The van der Waals surface area contributed by atoms with Gasteiger partial charge in [0.15, 0.2) is 6.17 Å². The molecule has 1 aliphatic heterocycles. The van der Waals surface area contributed by atoms with Crippen LogP contribution in [-0.4, -0.2) is 47.2 Å². The summed E-state index contributed by atoms with van der Waals surface area (Å²) in [5.41, 5.74) is 0.0299. The van der Waals surface area contributed by atoms with Crippen LogP contribution in [-0.2, 0) is 11.8 Å². The first-order valence-corrected chi connectivity index (χ1v) is 6.14. The molecular weight excluding hydrogens is 280 g/mol.